The summed E-state index contributed by atoms with van der Waals surface area (Å²) >= 11 is 0. The summed E-state index contributed by atoms with van der Waals surface area (Å²) in [5, 5.41) is 4.37. The van der Waals surface area contributed by atoms with E-state index in [1.54, 1.807) is 13.4 Å². The topological polar surface area (TPSA) is 46.4 Å². The lowest BCUT2D eigenvalue weighted by atomic mass is 10.3. The smallest absolute Gasteiger partial charge is 0.146 e. The van der Waals surface area contributed by atoms with Gasteiger partial charge in [0.1, 0.15) is 17.9 Å². The minimum Gasteiger partial charge on any atom is -0.497 e. The van der Waals surface area contributed by atoms with Gasteiger partial charge in [0, 0.05) is 26.2 Å². The molecule has 118 valence electrons. The second kappa shape index (κ2) is 6.89. The van der Waals surface area contributed by atoms with E-state index < -0.39 is 0 Å². The molecular formula is C16H23N5O. The molecule has 1 aliphatic heterocycles. The van der Waals surface area contributed by atoms with Crippen LogP contribution in [-0.4, -0.2) is 64.4 Å². The summed E-state index contributed by atoms with van der Waals surface area (Å²) in [5.74, 6) is 1.83. The highest BCUT2D eigenvalue weighted by atomic mass is 16.5. The molecule has 1 aliphatic rings. The molecule has 1 aromatic heterocycles. The summed E-state index contributed by atoms with van der Waals surface area (Å²) in [6.45, 7) is 8.63. The Hall–Kier alpha value is -1.92. The number of rotatable bonds is 5. The molecule has 0 atom stereocenters. The molecule has 0 spiro atoms. The van der Waals surface area contributed by atoms with Gasteiger partial charge in [-0.15, -0.1) is 0 Å². The summed E-state index contributed by atoms with van der Waals surface area (Å²) < 4.78 is 7.11. The van der Waals surface area contributed by atoms with Crippen molar-refractivity contribution in [2.24, 2.45) is 0 Å². The number of hydrogen-bond acceptors (Lipinski definition) is 5. The van der Waals surface area contributed by atoms with Crippen LogP contribution in [0.3, 0.4) is 0 Å². The molecule has 2 heterocycles. The Morgan fingerprint density at radius 2 is 1.73 bits per heavy atom. The minimum absolute atomic E-state index is 0.837. The predicted octanol–water partition coefficient (Wildman–Crippen LogP) is 1.41. The Labute approximate surface area is 131 Å². The first kappa shape index (κ1) is 15.0. The first-order valence-electron chi connectivity index (χ1n) is 7.78. The van der Waals surface area contributed by atoms with Crippen LogP contribution in [0.25, 0.3) is 5.69 Å². The normalized spacial score (nSPS) is 16.8. The highest BCUT2D eigenvalue weighted by Gasteiger charge is 2.18. The summed E-state index contributed by atoms with van der Waals surface area (Å²) in [7, 11) is 1.67. The van der Waals surface area contributed by atoms with Crippen LogP contribution >= 0.6 is 0 Å². The standard InChI is InChI=1S/C16H23N5O/c1-3-19-8-10-20(11-9-19)12-16-17-13-18-21(16)14-4-6-15(22-2)7-5-14/h4-7,13H,3,8-12H2,1-2H3. The molecule has 6 heteroatoms. The molecule has 1 fully saturated rings. The highest BCUT2D eigenvalue weighted by molar-refractivity contribution is 5.37. The van der Waals surface area contributed by atoms with Gasteiger partial charge in [-0.05, 0) is 30.8 Å². The van der Waals surface area contributed by atoms with Gasteiger partial charge in [0.25, 0.3) is 0 Å². The molecule has 2 aromatic rings. The second-order valence-electron chi connectivity index (χ2n) is 5.50. The lowest BCUT2D eigenvalue weighted by Crippen LogP contribution is -2.45. The zero-order valence-corrected chi connectivity index (χ0v) is 13.3. The third-order valence-electron chi connectivity index (χ3n) is 4.21. The molecule has 1 saturated heterocycles. The molecule has 0 amide bonds. The van der Waals surface area contributed by atoms with Gasteiger partial charge < -0.3 is 9.64 Å². The fourth-order valence-corrected chi connectivity index (χ4v) is 2.78. The fraction of sp³-hybridized carbons (Fsp3) is 0.500. The van der Waals surface area contributed by atoms with Crippen LogP contribution in [0.4, 0.5) is 0 Å². The number of methoxy groups -OCH3 is 1. The van der Waals surface area contributed by atoms with Crippen molar-refractivity contribution in [3.8, 4) is 11.4 Å². The van der Waals surface area contributed by atoms with Crippen molar-refractivity contribution in [2.75, 3.05) is 39.8 Å². The highest BCUT2D eigenvalue weighted by Crippen LogP contribution is 2.16. The lowest BCUT2D eigenvalue weighted by Gasteiger charge is -2.33. The van der Waals surface area contributed by atoms with Crippen LogP contribution in [0.5, 0.6) is 5.75 Å². The Morgan fingerprint density at radius 3 is 2.36 bits per heavy atom. The molecule has 0 saturated carbocycles. The first-order valence-corrected chi connectivity index (χ1v) is 7.78. The largest absolute Gasteiger partial charge is 0.497 e. The molecule has 0 bridgehead atoms. The van der Waals surface area contributed by atoms with Crippen molar-refractivity contribution >= 4 is 0 Å². The number of hydrogen-bond donors (Lipinski definition) is 0. The van der Waals surface area contributed by atoms with Crippen molar-refractivity contribution < 1.29 is 4.74 Å². The Kier molecular flexibility index (Phi) is 4.70. The molecule has 0 N–H and O–H groups in total. The molecule has 0 radical (unpaired) electrons. The molecular weight excluding hydrogens is 278 g/mol. The zero-order chi connectivity index (χ0) is 15.4. The van der Waals surface area contributed by atoms with E-state index in [0.717, 1.165) is 56.5 Å². The van der Waals surface area contributed by atoms with E-state index in [0.29, 0.717) is 0 Å². The number of ether oxygens (including phenoxy) is 1. The van der Waals surface area contributed by atoms with Crippen molar-refractivity contribution in [3.63, 3.8) is 0 Å². The lowest BCUT2D eigenvalue weighted by molar-refractivity contribution is 0.129. The van der Waals surface area contributed by atoms with Crippen molar-refractivity contribution in [1.82, 2.24) is 24.6 Å². The van der Waals surface area contributed by atoms with E-state index in [4.69, 9.17) is 4.74 Å². The average molecular weight is 301 g/mol. The monoisotopic (exact) mass is 301 g/mol. The van der Waals surface area contributed by atoms with Crippen molar-refractivity contribution in [3.05, 3.63) is 36.4 Å². The van der Waals surface area contributed by atoms with E-state index >= 15 is 0 Å². The van der Waals surface area contributed by atoms with Crippen LogP contribution in [0, 0.1) is 0 Å². The van der Waals surface area contributed by atoms with Crippen LogP contribution < -0.4 is 4.74 Å². The molecule has 3 rings (SSSR count). The van der Waals surface area contributed by atoms with Crippen molar-refractivity contribution in [2.45, 2.75) is 13.5 Å². The SMILES string of the molecule is CCN1CCN(Cc2ncnn2-c2ccc(OC)cc2)CC1. The molecule has 0 aliphatic carbocycles. The maximum absolute atomic E-state index is 5.20. The van der Waals surface area contributed by atoms with Crippen LogP contribution in [0.1, 0.15) is 12.7 Å². The third kappa shape index (κ3) is 3.28. The van der Waals surface area contributed by atoms with Gasteiger partial charge in [-0.3, -0.25) is 4.90 Å². The Morgan fingerprint density at radius 1 is 1.05 bits per heavy atom. The van der Waals surface area contributed by atoms with Crippen LogP contribution in [0.15, 0.2) is 30.6 Å². The maximum Gasteiger partial charge on any atom is 0.146 e. The van der Waals surface area contributed by atoms with Gasteiger partial charge in [-0.25, -0.2) is 9.67 Å². The van der Waals surface area contributed by atoms with E-state index in [1.807, 2.05) is 28.9 Å². The van der Waals surface area contributed by atoms with Crippen LogP contribution in [-0.2, 0) is 6.54 Å². The van der Waals surface area contributed by atoms with Gasteiger partial charge in [0.05, 0.1) is 19.3 Å². The molecule has 6 nitrogen and oxygen atoms in total. The van der Waals surface area contributed by atoms with Crippen molar-refractivity contribution in [1.29, 1.82) is 0 Å². The summed E-state index contributed by atoms with van der Waals surface area (Å²) in [6, 6.07) is 7.90. The molecule has 22 heavy (non-hydrogen) atoms. The van der Waals surface area contributed by atoms with E-state index in [2.05, 4.69) is 26.8 Å². The zero-order valence-electron chi connectivity index (χ0n) is 13.3. The van der Waals surface area contributed by atoms with Gasteiger partial charge in [-0.1, -0.05) is 6.92 Å². The average Bonchev–Trinajstić information content (AvgIpc) is 3.04. The quantitative estimate of drug-likeness (QED) is 0.836. The predicted molar refractivity (Wildman–Crippen MR) is 85.3 cm³/mol. The minimum atomic E-state index is 0.837. The van der Waals surface area contributed by atoms with Gasteiger partial charge in [0.15, 0.2) is 0 Å². The fourth-order valence-electron chi connectivity index (χ4n) is 2.78. The Bertz CT molecular complexity index is 587. The van der Waals surface area contributed by atoms with E-state index in [-0.39, 0.29) is 0 Å². The first-order chi connectivity index (χ1) is 10.8. The van der Waals surface area contributed by atoms with Gasteiger partial charge >= 0.3 is 0 Å². The number of likely N-dealkylation sites (N-methyl/N-ethyl adjacent to an activating group) is 1. The summed E-state index contributed by atoms with van der Waals surface area (Å²) in [5.41, 5.74) is 1.01. The number of piperazine rings is 1. The van der Waals surface area contributed by atoms with Crippen LogP contribution in [0.2, 0.25) is 0 Å². The second-order valence-corrected chi connectivity index (χ2v) is 5.50. The molecule has 1 aromatic carbocycles. The van der Waals surface area contributed by atoms with E-state index in [1.165, 1.54) is 0 Å². The number of benzene rings is 1. The number of aromatic nitrogens is 3. The maximum atomic E-state index is 5.20. The van der Waals surface area contributed by atoms with Gasteiger partial charge in [-0.2, -0.15) is 5.10 Å². The Balaban J connectivity index is 1.69. The summed E-state index contributed by atoms with van der Waals surface area (Å²) in [4.78, 5) is 9.35. The van der Waals surface area contributed by atoms with Gasteiger partial charge in [0.2, 0.25) is 0 Å². The van der Waals surface area contributed by atoms with E-state index in [9.17, 15) is 0 Å². The molecule has 0 unspecified atom stereocenters. The summed E-state index contributed by atoms with van der Waals surface area (Å²) in [6.07, 6.45) is 1.63. The third-order valence-corrected chi connectivity index (χ3v) is 4.21. The number of nitrogens with zero attached hydrogens (tertiary/aromatic N) is 5.